The molecule has 0 radical (unpaired) electrons. The van der Waals surface area contributed by atoms with Gasteiger partial charge in [0, 0.05) is 11.8 Å². The molecule has 0 unspecified atom stereocenters. The van der Waals surface area contributed by atoms with Gasteiger partial charge in [-0.2, -0.15) is 0 Å². The summed E-state index contributed by atoms with van der Waals surface area (Å²) in [5.41, 5.74) is 1.86. The van der Waals surface area contributed by atoms with Crippen molar-refractivity contribution in [3.63, 3.8) is 0 Å². The zero-order valence-corrected chi connectivity index (χ0v) is 16.6. The van der Waals surface area contributed by atoms with Crippen molar-refractivity contribution >= 4 is 21.7 Å². The third-order valence-corrected chi connectivity index (χ3v) is 5.62. The molecule has 150 valence electrons. The maximum absolute atomic E-state index is 12.8. The Balaban J connectivity index is 1.81. The Morgan fingerprint density at radius 3 is 2.69 bits per heavy atom. The molecule has 0 bridgehead atoms. The van der Waals surface area contributed by atoms with Gasteiger partial charge in [0.1, 0.15) is 6.20 Å². The van der Waals surface area contributed by atoms with Crippen LogP contribution in [0.5, 0.6) is 0 Å². The number of carbonyl (C=O) groups excluding carboxylic acids is 1. The van der Waals surface area contributed by atoms with E-state index in [9.17, 15) is 18.4 Å². The van der Waals surface area contributed by atoms with Crippen LogP contribution in [0.4, 0.5) is 5.69 Å². The Hall–Kier alpha value is -3.46. The van der Waals surface area contributed by atoms with E-state index in [1.807, 2.05) is 13.0 Å². The van der Waals surface area contributed by atoms with Crippen LogP contribution < -0.4 is 9.45 Å². The average Bonchev–Trinajstić information content (AvgIpc) is 2.67. The molecule has 1 aromatic heterocycles. The van der Waals surface area contributed by atoms with Crippen molar-refractivity contribution in [1.82, 2.24) is 4.98 Å². The summed E-state index contributed by atoms with van der Waals surface area (Å²) < 4.78 is 33.7. The van der Waals surface area contributed by atoms with Gasteiger partial charge in [-0.25, -0.2) is 17.9 Å². The van der Waals surface area contributed by atoms with E-state index in [1.54, 1.807) is 25.1 Å². The van der Waals surface area contributed by atoms with Crippen LogP contribution in [0.2, 0.25) is 0 Å². The second kappa shape index (κ2) is 8.27. The van der Waals surface area contributed by atoms with Gasteiger partial charge in [0.15, 0.2) is 6.61 Å². The lowest BCUT2D eigenvalue weighted by molar-refractivity contribution is -0.620. The molecule has 0 fully saturated rings. The first kappa shape index (κ1) is 20.3. The summed E-state index contributed by atoms with van der Waals surface area (Å²) in [6.45, 7) is 3.15. The van der Waals surface area contributed by atoms with E-state index in [-0.39, 0.29) is 22.9 Å². The minimum Gasteiger partial charge on any atom is -0.711 e. The van der Waals surface area contributed by atoms with E-state index in [0.29, 0.717) is 16.0 Å². The predicted octanol–water partition coefficient (Wildman–Crippen LogP) is 2.49. The van der Waals surface area contributed by atoms with Gasteiger partial charge in [0.05, 0.1) is 16.7 Å². The lowest BCUT2D eigenvalue weighted by Gasteiger charge is -2.12. The number of benzene rings is 2. The summed E-state index contributed by atoms with van der Waals surface area (Å²) in [5.74, 6) is -0.746. The standard InChI is InChI=1S/C20H19N3O5S/c1-14-5-3-6-17(11-14)22-29(26,27)18-12-16(8-7-15(18)2)20(24)28-13-19-21-9-4-10-23(19)25/h3-12,22H,13H2,1-2H3. The van der Waals surface area contributed by atoms with E-state index in [0.717, 1.165) is 5.56 Å². The Morgan fingerprint density at radius 2 is 1.97 bits per heavy atom. The van der Waals surface area contributed by atoms with Crippen LogP contribution in [0.3, 0.4) is 0 Å². The van der Waals surface area contributed by atoms with Crippen LogP contribution in [0.25, 0.3) is 0 Å². The topological polar surface area (TPSA) is 112 Å². The maximum Gasteiger partial charge on any atom is 0.339 e. The highest BCUT2D eigenvalue weighted by Crippen LogP contribution is 2.22. The molecular formula is C20H19N3O5S. The molecule has 0 spiro atoms. The molecule has 1 heterocycles. The SMILES string of the molecule is Cc1cccc(NS(=O)(=O)c2cc(C(=O)OCc3nccc[n+]3[O-])ccc2C)c1. The molecule has 8 nitrogen and oxygen atoms in total. The Morgan fingerprint density at radius 1 is 1.17 bits per heavy atom. The highest BCUT2D eigenvalue weighted by molar-refractivity contribution is 7.92. The lowest BCUT2D eigenvalue weighted by atomic mass is 10.1. The van der Waals surface area contributed by atoms with Gasteiger partial charge in [-0.3, -0.25) is 4.72 Å². The molecule has 3 rings (SSSR count). The predicted molar refractivity (Wildman–Crippen MR) is 105 cm³/mol. The third-order valence-electron chi connectivity index (χ3n) is 4.10. The van der Waals surface area contributed by atoms with Crippen molar-refractivity contribution in [2.75, 3.05) is 4.72 Å². The molecule has 1 N–H and O–H groups in total. The van der Waals surface area contributed by atoms with Gasteiger partial charge >= 0.3 is 11.8 Å². The van der Waals surface area contributed by atoms with Crippen LogP contribution in [0, 0.1) is 19.1 Å². The molecular weight excluding hydrogens is 394 g/mol. The van der Waals surface area contributed by atoms with Crippen LogP contribution >= 0.6 is 0 Å². The van der Waals surface area contributed by atoms with Crippen LogP contribution in [-0.2, 0) is 21.4 Å². The van der Waals surface area contributed by atoms with Crippen LogP contribution in [0.1, 0.15) is 27.3 Å². The number of aromatic nitrogens is 2. The summed E-state index contributed by atoms with van der Waals surface area (Å²) >= 11 is 0. The molecule has 0 aliphatic rings. The molecule has 0 amide bonds. The lowest BCUT2D eigenvalue weighted by Crippen LogP contribution is -2.33. The number of ether oxygens (including phenoxy) is 1. The number of nitrogens with zero attached hydrogens (tertiary/aromatic N) is 2. The molecule has 9 heteroatoms. The number of rotatable bonds is 6. The number of anilines is 1. The Labute approximate surface area is 168 Å². The molecule has 2 aromatic carbocycles. The Bertz CT molecular complexity index is 1160. The number of esters is 1. The fraction of sp³-hybridized carbons (Fsp3) is 0.150. The van der Waals surface area contributed by atoms with E-state index in [2.05, 4.69) is 9.71 Å². The number of hydrogen-bond acceptors (Lipinski definition) is 6. The van der Waals surface area contributed by atoms with Gasteiger partial charge in [-0.1, -0.05) is 18.2 Å². The molecule has 0 aliphatic heterocycles. The number of hydrogen-bond donors (Lipinski definition) is 1. The largest absolute Gasteiger partial charge is 0.711 e. The maximum atomic E-state index is 12.8. The van der Waals surface area contributed by atoms with E-state index in [4.69, 9.17) is 4.74 Å². The molecule has 0 saturated heterocycles. The van der Waals surface area contributed by atoms with Gasteiger partial charge in [0.2, 0.25) is 0 Å². The van der Waals surface area contributed by atoms with Crippen molar-refractivity contribution in [1.29, 1.82) is 0 Å². The third kappa shape index (κ3) is 4.88. The fourth-order valence-electron chi connectivity index (χ4n) is 2.64. The summed E-state index contributed by atoms with van der Waals surface area (Å²) in [4.78, 5) is 16.1. The van der Waals surface area contributed by atoms with Crippen LogP contribution in [-0.4, -0.2) is 19.4 Å². The van der Waals surface area contributed by atoms with Crippen molar-refractivity contribution in [2.24, 2.45) is 0 Å². The number of sulfonamides is 1. The zero-order valence-electron chi connectivity index (χ0n) is 15.8. The zero-order chi connectivity index (χ0) is 21.0. The second-order valence-electron chi connectivity index (χ2n) is 6.39. The molecule has 0 aliphatic carbocycles. The van der Waals surface area contributed by atoms with Gasteiger partial charge in [-0.15, -0.1) is 0 Å². The van der Waals surface area contributed by atoms with Crippen LogP contribution in [0.15, 0.2) is 65.8 Å². The highest BCUT2D eigenvalue weighted by atomic mass is 32.2. The normalized spacial score (nSPS) is 11.1. The van der Waals surface area contributed by atoms with E-state index >= 15 is 0 Å². The van der Waals surface area contributed by atoms with Crippen molar-refractivity contribution in [3.8, 4) is 0 Å². The fourth-order valence-corrected chi connectivity index (χ4v) is 3.96. The smallest absolute Gasteiger partial charge is 0.339 e. The first-order valence-electron chi connectivity index (χ1n) is 8.66. The van der Waals surface area contributed by atoms with Gasteiger partial charge in [0.25, 0.3) is 10.0 Å². The van der Waals surface area contributed by atoms with E-state index in [1.165, 1.54) is 36.7 Å². The quantitative estimate of drug-likeness (QED) is 0.377. The number of carbonyl (C=O) groups is 1. The molecule has 3 aromatic rings. The summed E-state index contributed by atoms with van der Waals surface area (Å²) in [6, 6.07) is 12.6. The second-order valence-corrected chi connectivity index (χ2v) is 8.04. The number of nitrogens with one attached hydrogen (secondary N) is 1. The van der Waals surface area contributed by atoms with Crippen molar-refractivity contribution in [3.05, 3.63) is 88.6 Å². The molecule has 0 atom stereocenters. The highest BCUT2D eigenvalue weighted by Gasteiger charge is 2.21. The first-order valence-corrected chi connectivity index (χ1v) is 10.1. The molecule has 29 heavy (non-hydrogen) atoms. The monoisotopic (exact) mass is 413 g/mol. The summed E-state index contributed by atoms with van der Waals surface area (Å²) in [6.07, 6.45) is 2.65. The number of aryl methyl sites for hydroxylation is 2. The minimum atomic E-state index is -3.91. The first-order chi connectivity index (χ1) is 13.8. The summed E-state index contributed by atoms with van der Waals surface area (Å²) in [7, 11) is -3.91. The van der Waals surface area contributed by atoms with Crippen molar-refractivity contribution in [2.45, 2.75) is 25.3 Å². The van der Waals surface area contributed by atoms with Gasteiger partial charge in [-0.05, 0) is 54.2 Å². The minimum absolute atomic E-state index is 0.0157. The van der Waals surface area contributed by atoms with E-state index < -0.39 is 16.0 Å². The Kier molecular flexibility index (Phi) is 5.79. The average molecular weight is 413 g/mol. The van der Waals surface area contributed by atoms with Crippen molar-refractivity contribution < 1.29 is 22.7 Å². The van der Waals surface area contributed by atoms with Gasteiger partial charge < -0.3 is 9.94 Å². The summed E-state index contributed by atoms with van der Waals surface area (Å²) in [5, 5.41) is 11.6. The molecule has 0 saturated carbocycles.